The molecular weight excluding hydrogens is 144 g/mol. The fourth-order valence-electron chi connectivity index (χ4n) is 0.917. The van der Waals surface area contributed by atoms with Gasteiger partial charge in [-0.3, -0.25) is 0 Å². The van der Waals surface area contributed by atoms with Crippen LogP contribution >= 0.6 is 0 Å². The highest BCUT2D eigenvalue weighted by Crippen LogP contribution is 2.17. The van der Waals surface area contributed by atoms with E-state index in [2.05, 4.69) is 0 Å². The van der Waals surface area contributed by atoms with Crippen LogP contribution in [-0.4, -0.2) is 25.3 Å². The van der Waals surface area contributed by atoms with E-state index < -0.39 is 5.60 Å². The average Bonchev–Trinajstić information content (AvgIpc) is 2.08. The molecule has 0 aliphatic rings. The van der Waals surface area contributed by atoms with Gasteiger partial charge in [-0.05, 0) is 12.8 Å². The number of hydrogen-bond donors (Lipinski definition) is 0. The molecule has 0 aromatic heterocycles. The highest BCUT2D eigenvalue weighted by atomic mass is 16.5. The van der Waals surface area contributed by atoms with Gasteiger partial charge in [0.05, 0.1) is 0 Å². The lowest BCUT2D eigenvalue weighted by molar-refractivity contribution is -0.129. The minimum Gasteiger partial charge on any atom is -0.371 e. The molecule has 0 aliphatic carbocycles. The number of ether oxygens (including phenoxy) is 1. The first kappa shape index (κ1) is 10.3. The van der Waals surface area contributed by atoms with Crippen molar-refractivity contribution in [3.05, 3.63) is 0 Å². The molecule has 0 spiro atoms. The van der Waals surface area contributed by atoms with E-state index in [-0.39, 0.29) is 0 Å². The van der Waals surface area contributed by atoms with E-state index in [0.717, 1.165) is 12.6 Å². The normalized spacial score (nSPS) is 15.5. The van der Waals surface area contributed by atoms with Gasteiger partial charge in [0.2, 0.25) is 0 Å². The van der Waals surface area contributed by atoms with E-state index in [0.29, 0.717) is 19.3 Å². The highest BCUT2D eigenvalue weighted by molar-refractivity contribution is 5.63. The molecule has 0 bridgehead atoms. The lowest BCUT2D eigenvalue weighted by Crippen LogP contribution is -2.32. The summed E-state index contributed by atoms with van der Waals surface area (Å²) in [6, 6.07) is 0. The molecule has 64 valence electrons. The number of aldehydes is 2. The molecule has 0 amide bonds. The van der Waals surface area contributed by atoms with E-state index in [9.17, 15) is 9.59 Å². The maximum absolute atomic E-state index is 10.6. The summed E-state index contributed by atoms with van der Waals surface area (Å²) in [7, 11) is 1.49. The van der Waals surface area contributed by atoms with Crippen LogP contribution < -0.4 is 0 Å². The molecule has 3 heteroatoms. The smallest absolute Gasteiger partial charge is 0.151 e. The van der Waals surface area contributed by atoms with Crippen LogP contribution in [0.15, 0.2) is 0 Å². The molecule has 1 unspecified atom stereocenters. The topological polar surface area (TPSA) is 43.4 Å². The second-order valence-corrected chi connectivity index (χ2v) is 2.45. The maximum Gasteiger partial charge on any atom is 0.151 e. The van der Waals surface area contributed by atoms with Crippen molar-refractivity contribution >= 4 is 12.6 Å². The monoisotopic (exact) mass is 158 g/mol. The van der Waals surface area contributed by atoms with Gasteiger partial charge in [0.1, 0.15) is 11.9 Å². The zero-order chi connectivity index (χ0) is 8.74. The molecule has 0 radical (unpaired) electrons. The summed E-state index contributed by atoms with van der Waals surface area (Å²) in [6.45, 7) is 1.86. The second kappa shape index (κ2) is 5.02. The molecule has 0 rings (SSSR count). The summed E-state index contributed by atoms with van der Waals surface area (Å²) < 4.78 is 5.01. The summed E-state index contributed by atoms with van der Waals surface area (Å²) in [5.41, 5.74) is -0.735. The van der Waals surface area contributed by atoms with Crippen LogP contribution in [0.3, 0.4) is 0 Å². The van der Waals surface area contributed by atoms with Crippen molar-refractivity contribution in [2.24, 2.45) is 0 Å². The highest BCUT2D eigenvalue weighted by Gasteiger charge is 2.25. The molecule has 0 N–H and O–H groups in total. The van der Waals surface area contributed by atoms with Crippen molar-refractivity contribution in [3.63, 3.8) is 0 Å². The number of methoxy groups -OCH3 is 1. The van der Waals surface area contributed by atoms with Crippen molar-refractivity contribution < 1.29 is 14.3 Å². The van der Waals surface area contributed by atoms with Crippen LogP contribution in [0.4, 0.5) is 0 Å². The van der Waals surface area contributed by atoms with Crippen molar-refractivity contribution in [3.8, 4) is 0 Å². The SMILES string of the molecule is CCC(C=O)(CCC=O)OC. The van der Waals surface area contributed by atoms with Crippen molar-refractivity contribution in [1.82, 2.24) is 0 Å². The quantitative estimate of drug-likeness (QED) is 0.541. The Morgan fingerprint density at radius 3 is 2.36 bits per heavy atom. The largest absolute Gasteiger partial charge is 0.371 e. The number of carbonyl (C=O) groups excluding carboxylic acids is 2. The van der Waals surface area contributed by atoms with Gasteiger partial charge in [-0.15, -0.1) is 0 Å². The molecule has 0 aromatic rings. The first-order chi connectivity index (χ1) is 5.24. The van der Waals surface area contributed by atoms with E-state index >= 15 is 0 Å². The van der Waals surface area contributed by atoms with Gasteiger partial charge in [-0.25, -0.2) is 0 Å². The van der Waals surface area contributed by atoms with Gasteiger partial charge in [0, 0.05) is 13.5 Å². The predicted octanol–water partition coefficient (Wildman–Crippen LogP) is 0.960. The third kappa shape index (κ3) is 2.80. The Bertz CT molecular complexity index is 127. The van der Waals surface area contributed by atoms with Crippen molar-refractivity contribution in [2.75, 3.05) is 7.11 Å². The number of hydrogen-bond acceptors (Lipinski definition) is 3. The van der Waals surface area contributed by atoms with Gasteiger partial charge in [-0.2, -0.15) is 0 Å². The predicted molar refractivity (Wildman–Crippen MR) is 41.4 cm³/mol. The fourth-order valence-corrected chi connectivity index (χ4v) is 0.917. The first-order valence-corrected chi connectivity index (χ1v) is 3.69. The zero-order valence-electron chi connectivity index (χ0n) is 7.00. The summed E-state index contributed by atoms with van der Waals surface area (Å²) in [5, 5.41) is 0. The van der Waals surface area contributed by atoms with E-state index in [1.165, 1.54) is 7.11 Å². The Hall–Kier alpha value is -0.700. The zero-order valence-corrected chi connectivity index (χ0v) is 7.00. The van der Waals surface area contributed by atoms with E-state index in [4.69, 9.17) is 4.74 Å². The van der Waals surface area contributed by atoms with Crippen LogP contribution in [0.25, 0.3) is 0 Å². The fraction of sp³-hybridized carbons (Fsp3) is 0.750. The number of carbonyl (C=O) groups is 2. The van der Waals surface area contributed by atoms with Gasteiger partial charge >= 0.3 is 0 Å². The summed E-state index contributed by atoms with van der Waals surface area (Å²) >= 11 is 0. The lowest BCUT2D eigenvalue weighted by atomic mass is 9.97. The first-order valence-electron chi connectivity index (χ1n) is 3.69. The van der Waals surface area contributed by atoms with Gasteiger partial charge < -0.3 is 14.3 Å². The Morgan fingerprint density at radius 1 is 1.45 bits per heavy atom. The second-order valence-electron chi connectivity index (χ2n) is 2.45. The third-order valence-corrected chi connectivity index (χ3v) is 1.91. The number of rotatable bonds is 6. The van der Waals surface area contributed by atoms with Crippen LogP contribution in [0.2, 0.25) is 0 Å². The Balaban J connectivity index is 4.04. The molecule has 0 fully saturated rings. The lowest BCUT2D eigenvalue weighted by Gasteiger charge is -2.23. The molecule has 3 nitrogen and oxygen atoms in total. The molecule has 0 aliphatic heterocycles. The van der Waals surface area contributed by atoms with Gasteiger partial charge in [-0.1, -0.05) is 6.92 Å². The average molecular weight is 158 g/mol. The molecule has 1 atom stereocenters. The maximum atomic E-state index is 10.6. The summed E-state index contributed by atoms with van der Waals surface area (Å²) in [5.74, 6) is 0. The van der Waals surface area contributed by atoms with Crippen LogP contribution in [0.5, 0.6) is 0 Å². The molecular formula is C8H14O3. The Labute approximate surface area is 66.7 Å². The van der Waals surface area contributed by atoms with Crippen LogP contribution in [-0.2, 0) is 14.3 Å². The van der Waals surface area contributed by atoms with E-state index in [1.54, 1.807) is 0 Å². The third-order valence-electron chi connectivity index (χ3n) is 1.91. The van der Waals surface area contributed by atoms with Crippen LogP contribution in [0.1, 0.15) is 26.2 Å². The van der Waals surface area contributed by atoms with Crippen molar-refractivity contribution in [2.45, 2.75) is 31.8 Å². The van der Waals surface area contributed by atoms with E-state index in [1.807, 2.05) is 6.92 Å². The minimum absolute atomic E-state index is 0.375. The van der Waals surface area contributed by atoms with Gasteiger partial charge in [0.25, 0.3) is 0 Å². The Morgan fingerprint density at radius 2 is 2.09 bits per heavy atom. The molecule has 0 saturated heterocycles. The van der Waals surface area contributed by atoms with Gasteiger partial charge in [0.15, 0.2) is 6.29 Å². The molecule has 11 heavy (non-hydrogen) atoms. The summed E-state index contributed by atoms with van der Waals surface area (Å²) in [6.07, 6.45) is 3.04. The molecule has 0 heterocycles. The summed E-state index contributed by atoms with van der Waals surface area (Å²) in [4.78, 5) is 20.6. The Kier molecular flexibility index (Phi) is 4.70. The molecule has 0 saturated carbocycles. The standard InChI is InChI=1S/C8H14O3/c1-3-8(7-10,11-2)5-4-6-9/h6-7H,3-5H2,1-2H3. The van der Waals surface area contributed by atoms with Crippen LogP contribution in [0, 0.1) is 0 Å². The molecule has 0 aromatic carbocycles. The minimum atomic E-state index is -0.735. The van der Waals surface area contributed by atoms with Crippen molar-refractivity contribution in [1.29, 1.82) is 0 Å².